The molecule has 2 atom stereocenters. The van der Waals surface area contributed by atoms with Gasteiger partial charge in [-0.2, -0.15) is 0 Å². The van der Waals surface area contributed by atoms with Crippen LogP contribution in [0.25, 0.3) is 0 Å². The summed E-state index contributed by atoms with van der Waals surface area (Å²) in [6, 6.07) is 9.12. The van der Waals surface area contributed by atoms with Crippen molar-refractivity contribution in [2.75, 3.05) is 33.3 Å². The van der Waals surface area contributed by atoms with E-state index in [1.54, 1.807) is 0 Å². The van der Waals surface area contributed by atoms with E-state index >= 15 is 0 Å². The molecule has 2 rings (SSSR count). The number of hydrogen-bond donors (Lipinski definition) is 1. The van der Waals surface area contributed by atoms with Crippen molar-refractivity contribution >= 4 is 0 Å². The summed E-state index contributed by atoms with van der Waals surface area (Å²) in [7, 11) is 2.06. The highest BCUT2D eigenvalue weighted by atomic mass is 16.5. The lowest BCUT2D eigenvalue weighted by molar-refractivity contribution is 0.0735. The first kappa shape index (κ1) is 16.5. The molecule has 1 aliphatic rings. The van der Waals surface area contributed by atoms with Crippen LogP contribution in [0, 0.1) is 6.92 Å². The minimum atomic E-state index is 0.435. The molecule has 1 aromatic rings. The Morgan fingerprint density at radius 2 is 2.19 bits per heavy atom. The maximum atomic E-state index is 5.76. The van der Waals surface area contributed by atoms with Crippen LogP contribution in [0.3, 0.4) is 0 Å². The molecule has 0 saturated carbocycles. The van der Waals surface area contributed by atoms with Crippen LogP contribution in [0.15, 0.2) is 24.3 Å². The largest absolute Gasteiger partial charge is 0.377 e. The maximum absolute atomic E-state index is 5.76. The van der Waals surface area contributed by atoms with Gasteiger partial charge < -0.3 is 15.0 Å². The molecular formula is C18H30N2O. The van der Waals surface area contributed by atoms with E-state index in [9.17, 15) is 0 Å². The molecule has 1 aliphatic heterocycles. The van der Waals surface area contributed by atoms with E-state index in [-0.39, 0.29) is 0 Å². The van der Waals surface area contributed by atoms with E-state index in [2.05, 4.69) is 55.4 Å². The predicted octanol–water partition coefficient (Wildman–Crippen LogP) is 3.15. The van der Waals surface area contributed by atoms with Crippen molar-refractivity contribution in [2.45, 2.75) is 45.3 Å². The smallest absolute Gasteiger partial charge is 0.0702 e. The highest BCUT2D eigenvalue weighted by Gasteiger charge is 2.19. The van der Waals surface area contributed by atoms with Gasteiger partial charge in [0.05, 0.1) is 6.10 Å². The first-order valence-corrected chi connectivity index (χ1v) is 8.31. The van der Waals surface area contributed by atoms with E-state index in [0.717, 1.165) is 32.7 Å². The molecule has 0 amide bonds. The van der Waals surface area contributed by atoms with Crippen LogP contribution in [0.1, 0.15) is 43.4 Å². The zero-order valence-corrected chi connectivity index (χ0v) is 13.8. The molecule has 0 bridgehead atoms. The Morgan fingerprint density at radius 3 is 2.81 bits per heavy atom. The molecule has 1 aromatic carbocycles. The van der Waals surface area contributed by atoms with Crippen LogP contribution >= 0.6 is 0 Å². The summed E-state index contributed by atoms with van der Waals surface area (Å²) in [5.74, 6) is 0. The standard InChI is InChI=1S/C18H30N2O/c1-4-20(14-16-9-7-13-21-16)12-11-18(19-3)17-10-6-5-8-15(17)2/h5-6,8,10,16,18-19H,4,7,9,11-14H2,1-3H3. The van der Waals surface area contributed by atoms with Gasteiger partial charge in [-0.3, -0.25) is 0 Å². The fourth-order valence-electron chi connectivity index (χ4n) is 3.20. The lowest BCUT2D eigenvalue weighted by atomic mass is 9.98. The molecule has 0 spiro atoms. The zero-order chi connectivity index (χ0) is 15.1. The van der Waals surface area contributed by atoms with E-state index in [1.165, 1.54) is 24.0 Å². The quantitative estimate of drug-likeness (QED) is 0.796. The zero-order valence-electron chi connectivity index (χ0n) is 13.8. The second-order valence-corrected chi connectivity index (χ2v) is 6.01. The molecule has 0 aromatic heterocycles. The summed E-state index contributed by atoms with van der Waals surface area (Å²) in [5.41, 5.74) is 2.80. The Kier molecular flexibility index (Phi) is 6.68. The Balaban J connectivity index is 1.87. The van der Waals surface area contributed by atoms with E-state index in [0.29, 0.717) is 12.1 Å². The fraction of sp³-hybridized carbons (Fsp3) is 0.667. The van der Waals surface area contributed by atoms with E-state index in [4.69, 9.17) is 4.74 Å². The summed E-state index contributed by atoms with van der Waals surface area (Å²) in [5, 5.41) is 3.47. The number of nitrogens with one attached hydrogen (secondary N) is 1. The predicted molar refractivity (Wildman–Crippen MR) is 88.7 cm³/mol. The van der Waals surface area contributed by atoms with Crippen molar-refractivity contribution in [3.63, 3.8) is 0 Å². The Morgan fingerprint density at radius 1 is 1.38 bits per heavy atom. The number of benzene rings is 1. The van der Waals surface area contributed by atoms with E-state index < -0.39 is 0 Å². The fourth-order valence-corrected chi connectivity index (χ4v) is 3.20. The molecule has 118 valence electrons. The van der Waals surface area contributed by atoms with Gasteiger partial charge in [0, 0.05) is 25.7 Å². The molecular weight excluding hydrogens is 260 g/mol. The van der Waals surface area contributed by atoms with Gasteiger partial charge in [0.1, 0.15) is 0 Å². The molecule has 1 fully saturated rings. The normalized spacial score (nSPS) is 20.1. The van der Waals surface area contributed by atoms with Gasteiger partial charge in [-0.15, -0.1) is 0 Å². The Bertz CT molecular complexity index is 415. The third-order valence-electron chi connectivity index (χ3n) is 4.58. The van der Waals surface area contributed by atoms with Crippen molar-refractivity contribution in [1.82, 2.24) is 10.2 Å². The average molecular weight is 290 g/mol. The number of rotatable bonds is 8. The molecule has 0 aliphatic carbocycles. The van der Waals surface area contributed by atoms with Crippen LogP contribution < -0.4 is 5.32 Å². The summed E-state index contributed by atoms with van der Waals surface area (Å²) < 4.78 is 5.76. The van der Waals surface area contributed by atoms with Gasteiger partial charge in [-0.25, -0.2) is 0 Å². The van der Waals surface area contributed by atoms with Crippen molar-refractivity contribution < 1.29 is 4.74 Å². The minimum Gasteiger partial charge on any atom is -0.377 e. The SMILES string of the molecule is CCN(CCC(NC)c1ccccc1C)CC1CCCO1. The number of hydrogen-bond acceptors (Lipinski definition) is 3. The molecule has 2 unspecified atom stereocenters. The molecule has 3 nitrogen and oxygen atoms in total. The first-order chi connectivity index (χ1) is 10.2. The van der Waals surface area contributed by atoms with Gasteiger partial charge in [-0.1, -0.05) is 31.2 Å². The Labute approximate surface area is 129 Å². The highest BCUT2D eigenvalue weighted by molar-refractivity contribution is 5.28. The summed E-state index contributed by atoms with van der Waals surface area (Å²) in [4.78, 5) is 2.53. The van der Waals surface area contributed by atoms with Crippen LogP contribution in [-0.2, 0) is 4.74 Å². The highest BCUT2D eigenvalue weighted by Crippen LogP contribution is 2.21. The van der Waals surface area contributed by atoms with E-state index in [1.807, 2.05) is 0 Å². The molecule has 3 heteroatoms. The molecule has 1 heterocycles. The lowest BCUT2D eigenvalue weighted by Gasteiger charge is -2.26. The van der Waals surface area contributed by atoms with Gasteiger partial charge in [0.15, 0.2) is 0 Å². The molecule has 21 heavy (non-hydrogen) atoms. The number of aryl methyl sites for hydroxylation is 1. The second kappa shape index (κ2) is 8.52. The monoisotopic (exact) mass is 290 g/mol. The number of ether oxygens (including phenoxy) is 1. The lowest BCUT2D eigenvalue weighted by Crippen LogP contribution is -2.34. The van der Waals surface area contributed by atoms with Gasteiger partial charge >= 0.3 is 0 Å². The van der Waals surface area contributed by atoms with Crippen LogP contribution in [0.5, 0.6) is 0 Å². The molecule has 1 N–H and O–H groups in total. The van der Waals surface area contributed by atoms with Crippen molar-refractivity contribution in [2.24, 2.45) is 0 Å². The second-order valence-electron chi connectivity index (χ2n) is 6.01. The van der Waals surface area contributed by atoms with Gasteiger partial charge in [0.2, 0.25) is 0 Å². The summed E-state index contributed by atoms with van der Waals surface area (Å²) in [6.45, 7) is 8.70. The van der Waals surface area contributed by atoms with Crippen molar-refractivity contribution in [3.05, 3.63) is 35.4 Å². The summed E-state index contributed by atoms with van der Waals surface area (Å²) in [6.07, 6.45) is 4.05. The minimum absolute atomic E-state index is 0.435. The first-order valence-electron chi connectivity index (χ1n) is 8.31. The Hall–Kier alpha value is -0.900. The summed E-state index contributed by atoms with van der Waals surface area (Å²) >= 11 is 0. The average Bonchev–Trinajstić information content (AvgIpc) is 3.01. The van der Waals surface area contributed by atoms with Crippen molar-refractivity contribution in [1.29, 1.82) is 0 Å². The van der Waals surface area contributed by atoms with Crippen LogP contribution in [-0.4, -0.2) is 44.3 Å². The van der Waals surface area contributed by atoms with Crippen LogP contribution in [0.2, 0.25) is 0 Å². The number of nitrogens with zero attached hydrogens (tertiary/aromatic N) is 1. The number of likely N-dealkylation sites (N-methyl/N-ethyl adjacent to an activating group) is 1. The van der Waals surface area contributed by atoms with Gasteiger partial charge in [-0.05, 0) is 50.9 Å². The van der Waals surface area contributed by atoms with Crippen molar-refractivity contribution in [3.8, 4) is 0 Å². The van der Waals surface area contributed by atoms with Crippen LogP contribution in [0.4, 0.5) is 0 Å². The molecule has 0 radical (unpaired) electrons. The molecule has 1 saturated heterocycles. The third-order valence-corrected chi connectivity index (χ3v) is 4.58. The van der Waals surface area contributed by atoms with Gasteiger partial charge in [0.25, 0.3) is 0 Å². The third kappa shape index (κ3) is 4.80. The topological polar surface area (TPSA) is 24.5 Å². The maximum Gasteiger partial charge on any atom is 0.0702 e.